The third kappa shape index (κ3) is 1.49. The lowest BCUT2D eigenvalue weighted by Crippen LogP contribution is -2.72. The molecule has 12 heavy (non-hydrogen) atoms. The largest absolute Gasteiger partial charge is 0.329 e. The van der Waals surface area contributed by atoms with Crippen molar-refractivity contribution in [3.05, 3.63) is 0 Å². The summed E-state index contributed by atoms with van der Waals surface area (Å²) in [5.41, 5.74) is 6.10. The molecule has 1 aliphatic heterocycles. The van der Waals surface area contributed by atoms with Crippen LogP contribution in [0.25, 0.3) is 0 Å². The second kappa shape index (κ2) is 3.73. The first-order chi connectivity index (χ1) is 5.68. The number of rotatable bonds is 4. The molecule has 2 N–H and O–H groups in total. The number of likely N-dealkylation sites (tertiary alicyclic amines) is 1. The van der Waals surface area contributed by atoms with Gasteiger partial charge in [-0.05, 0) is 20.1 Å². The van der Waals surface area contributed by atoms with E-state index >= 15 is 0 Å². The van der Waals surface area contributed by atoms with Crippen LogP contribution in [0.2, 0.25) is 0 Å². The third-order valence-corrected chi connectivity index (χ3v) is 2.94. The van der Waals surface area contributed by atoms with Crippen molar-refractivity contribution in [2.45, 2.75) is 19.4 Å². The summed E-state index contributed by atoms with van der Waals surface area (Å²) in [6.07, 6.45) is 0. The number of hydrogen-bond acceptors (Lipinski definition) is 3. The lowest BCUT2D eigenvalue weighted by atomic mass is 9.88. The Morgan fingerprint density at radius 1 is 1.33 bits per heavy atom. The van der Waals surface area contributed by atoms with Crippen LogP contribution in [0.4, 0.5) is 0 Å². The Morgan fingerprint density at radius 2 is 1.83 bits per heavy atom. The average Bonchev–Trinajstić information content (AvgIpc) is 2.02. The van der Waals surface area contributed by atoms with E-state index < -0.39 is 0 Å². The predicted octanol–water partition coefficient (Wildman–Crippen LogP) is -0.0289. The van der Waals surface area contributed by atoms with Crippen LogP contribution in [0.3, 0.4) is 0 Å². The highest BCUT2D eigenvalue weighted by Crippen LogP contribution is 2.24. The van der Waals surface area contributed by atoms with Gasteiger partial charge in [0.2, 0.25) is 0 Å². The summed E-state index contributed by atoms with van der Waals surface area (Å²) < 4.78 is 0. The van der Waals surface area contributed by atoms with Gasteiger partial charge in [0, 0.05) is 19.6 Å². The highest BCUT2D eigenvalue weighted by Gasteiger charge is 2.43. The number of nitrogens with zero attached hydrogens (tertiary/aromatic N) is 2. The van der Waals surface area contributed by atoms with E-state index in [-0.39, 0.29) is 5.54 Å². The van der Waals surface area contributed by atoms with Gasteiger partial charge in [0.15, 0.2) is 0 Å². The molecule has 0 aromatic carbocycles. The highest BCUT2D eigenvalue weighted by molar-refractivity contribution is 5.03. The first kappa shape index (κ1) is 9.96. The molecule has 1 fully saturated rings. The molecule has 0 bridgehead atoms. The van der Waals surface area contributed by atoms with E-state index in [2.05, 4.69) is 30.7 Å². The molecule has 0 unspecified atom stereocenters. The summed E-state index contributed by atoms with van der Waals surface area (Å²) in [7, 11) is 2.15. The van der Waals surface area contributed by atoms with E-state index in [0.717, 1.165) is 32.7 Å². The summed E-state index contributed by atoms with van der Waals surface area (Å²) in [5, 5.41) is 0. The molecule has 1 saturated heterocycles. The van der Waals surface area contributed by atoms with Crippen molar-refractivity contribution >= 4 is 0 Å². The van der Waals surface area contributed by atoms with Gasteiger partial charge in [0.25, 0.3) is 0 Å². The Morgan fingerprint density at radius 3 is 2.08 bits per heavy atom. The minimum absolute atomic E-state index is 0.290. The lowest BCUT2D eigenvalue weighted by Gasteiger charge is -2.54. The molecule has 0 amide bonds. The second-order valence-electron chi connectivity index (χ2n) is 3.77. The van der Waals surface area contributed by atoms with Gasteiger partial charge in [-0.25, -0.2) is 0 Å². The number of likely N-dealkylation sites (N-methyl/N-ethyl adjacent to an activating group) is 2. The molecule has 0 aliphatic carbocycles. The van der Waals surface area contributed by atoms with Crippen LogP contribution in [0.5, 0.6) is 0 Å². The maximum Gasteiger partial charge on any atom is 0.0585 e. The van der Waals surface area contributed by atoms with Crippen molar-refractivity contribution in [2.24, 2.45) is 5.73 Å². The smallest absolute Gasteiger partial charge is 0.0585 e. The van der Waals surface area contributed by atoms with E-state index in [9.17, 15) is 0 Å². The van der Waals surface area contributed by atoms with Crippen LogP contribution in [-0.4, -0.2) is 55.1 Å². The minimum atomic E-state index is 0.290. The van der Waals surface area contributed by atoms with Gasteiger partial charge in [0.1, 0.15) is 0 Å². The molecule has 1 heterocycles. The molecule has 0 saturated carbocycles. The SMILES string of the molecule is CCN(CC)C1(CN)CN(C)C1. The summed E-state index contributed by atoms with van der Waals surface area (Å²) in [4.78, 5) is 4.80. The van der Waals surface area contributed by atoms with E-state index in [0.29, 0.717) is 0 Å². The average molecular weight is 171 g/mol. The predicted molar refractivity (Wildman–Crippen MR) is 52.2 cm³/mol. The zero-order valence-electron chi connectivity index (χ0n) is 8.51. The van der Waals surface area contributed by atoms with Gasteiger partial charge < -0.3 is 10.6 Å². The van der Waals surface area contributed by atoms with Crippen molar-refractivity contribution in [1.82, 2.24) is 9.80 Å². The maximum absolute atomic E-state index is 5.81. The fourth-order valence-corrected chi connectivity index (χ4v) is 2.31. The van der Waals surface area contributed by atoms with Crippen LogP contribution in [0, 0.1) is 0 Å². The second-order valence-corrected chi connectivity index (χ2v) is 3.77. The molecular formula is C9H21N3. The van der Waals surface area contributed by atoms with Gasteiger partial charge in [-0.2, -0.15) is 0 Å². The van der Waals surface area contributed by atoms with Crippen molar-refractivity contribution in [3.63, 3.8) is 0 Å². The van der Waals surface area contributed by atoms with E-state index in [4.69, 9.17) is 5.73 Å². The van der Waals surface area contributed by atoms with Crippen LogP contribution >= 0.6 is 0 Å². The maximum atomic E-state index is 5.81. The molecule has 3 nitrogen and oxygen atoms in total. The molecule has 0 spiro atoms. The van der Waals surface area contributed by atoms with Crippen LogP contribution in [0.15, 0.2) is 0 Å². The van der Waals surface area contributed by atoms with Crippen LogP contribution in [-0.2, 0) is 0 Å². The Hall–Kier alpha value is -0.120. The van der Waals surface area contributed by atoms with E-state index in [1.807, 2.05) is 0 Å². The lowest BCUT2D eigenvalue weighted by molar-refractivity contribution is -0.0299. The van der Waals surface area contributed by atoms with Crippen molar-refractivity contribution in [3.8, 4) is 0 Å². The minimum Gasteiger partial charge on any atom is -0.329 e. The van der Waals surface area contributed by atoms with Gasteiger partial charge in [0.05, 0.1) is 5.54 Å². The summed E-state index contributed by atoms with van der Waals surface area (Å²) in [6.45, 7) is 9.69. The first-order valence-corrected chi connectivity index (χ1v) is 4.82. The summed E-state index contributed by atoms with van der Waals surface area (Å²) in [6, 6.07) is 0. The van der Waals surface area contributed by atoms with E-state index in [1.54, 1.807) is 0 Å². The monoisotopic (exact) mass is 171 g/mol. The molecule has 1 aliphatic rings. The quantitative estimate of drug-likeness (QED) is 0.645. The Bertz CT molecular complexity index is 137. The molecule has 3 heteroatoms. The van der Waals surface area contributed by atoms with Gasteiger partial charge >= 0.3 is 0 Å². The Labute approximate surface area is 75.5 Å². The Kier molecular flexibility index (Phi) is 3.09. The molecule has 0 atom stereocenters. The molecule has 1 rings (SSSR count). The third-order valence-electron chi connectivity index (χ3n) is 2.94. The molecule has 0 radical (unpaired) electrons. The molecule has 72 valence electrons. The highest BCUT2D eigenvalue weighted by atomic mass is 15.3. The normalized spacial score (nSPS) is 22.8. The molecule has 0 aromatic rings. The first-order valence-electron chi connectivity index (χ1n) is 4.82. The van der Waals surface area contributed by atoms with Gasteiger partial charge in [-0.15, -0.1) is 0 Å². The van der Waals surface area contributed by atoms with Crippen LogP contribution < -0.4 is 5.73 Å². The standard InChI is InChI=1S/C9H21N3/c1-4-12(5-2)9(6-10)7-11(3)8-9/h4-8,10H2,1-3H3. The zero-order valence-corrected chi connectivity index (χ0v) is 8.51. The van der Waals surface area contributed by atoms with Crippen molar-refractivity contribution in [1.29, 1.82) is 0 Å². The van der Waals surface area contributed by atoms with Crippen molar-refractivity contribution in [2.75, 3.05) is 39.8 Å². The molecular weight excluding hydrogens is 150 g/mol. The summed E-state index contributed by atoms with van der Waals surface area (Å²) in [5.74, 6) is 0. The van der Waals surface area contributed by atoms with Gasteiger partial charge in [-0.3, -0.25) is 4.90 Å². The Balaban J connectivity index is 2.55. The number of hydrogen-bond donors (Lipinski definition) is 1. The van der Waals surface area contributed by atoms with Gasteiger partial charge in [-0.1, -0.05) is 13.8 Å². The van der Waals surface area contributed by atoms with Crippen LogP contribution in [0.1, 0.15) is 13.8 Å². The summed E-state index contributed by atoms with van der Waals surface area (Å²) >= 11 is 0. The fourth-order valence-electron chi connectivity index (χ4n) is 2.31. The fraction of sp³-hybridized carbons (Fsp3) is 1.00. The molecule has 0 aromatic heterocycles. The zero-order chi connectivity index (χ0) is 9.19. The number of nitrogens with two attached hydrogens (primary N) is 1. The van der Waals surface area contributed by atoms with E-state index in [1.165, 1.54) is 0 Å². The van der Waals surface area contributed by atoms with Crippen molar-refractivity contribution < 1.29 is 0 Å². The topological polar surface area (TPSA) is 32.5 Å².